The van der Waals surface area contributed by atoms with Crippen LogP contribution in [-0.4, -0.2) is 19.0 Å². The SMILES string of the molecule is O=C(NCCNC1CCCc2sccc21)C1CC1. The second kappa shape index (κ2) is 5.41. The molecule has 1 atom stereocenters. The Hall–Kier alpha value is -0.870. The molecule has 4 heteroatoms. The van der Waals surface area contributed by atoms with E-state index in [4.69, 9.17) is 0 Å². The first kappa shape index (κ1) is 12.2. The van der Waals surface area contributed by atoms with Gasteiger partial charge in [-0.15, -0.1) is 11.3 Å². The van der Waals surface area contributed by atoms with E-state index in [1.807, 2.05) is 11.3 Å². The molecule has 3 nitrogen and oxygen atoms in total. The van der Waals surface area contributed by atoms with Crippen molar-refractivity contribution < 1.29 is 4.79 Å². The maximum absolute atomic E-state index is 11.5. The highest BCUT2D eigenvalue weighted by molar-refractivity contribution is 7.10. The number of aryl methyl sites for hydroxylation is 1. The van der Waals surface area contributed by atoms with Crippen LogP contribution in [0.25, 0.3) is 0 Å². The summed E-state index contributed by atoms with van der Waals surface area (Å²) >= 11 is 1.88. The number of carbonyl (C=O) groups excluding carboxylic acids is 1. The molecule has 1 fully saturated rings. The number of carbonyl (C=O) groups is 1. The van der Waals surface area contributed by atoms with Crippen LogP contribution in [0.15, 0.2) is 11.4 Å². The molecule has 1 aromatic heterocycles. The van der Waals surface area contributed by atoms with Gasteiger partial charge in [0, 0.05) is 29.9 Å². The van der Waals surface area contributed by atoms with Gasteiger partial charge < -0.3 is 10.6 Å². The Balaban J connectivity index is 1.42. The van der Waals surface area contributed by atoms with Crippen molar-refractivity contribution in [1.29, 1.82) is 0 Å². The molecule has 0 saturated heterocycles. The first-order chi connectivity index (χ1) is 8.84. The Morgan fingerprint density at radius 3 is 3.06 bits per heavy atom. The van der Waals surface area contributed by atoms with Crippen LogP contribution in [0.3, 0.4) is 0 Å². The van der Waals surface area contributed by atoms with Gasteiger partial charge in [0.1, 0.15) is 0 Å². The van der Waals surface area contributed by atoms with E-state index in [9.17, 15) is 4.79 Å². The number of rotatable bonds is 5. The van der Waals surface area contributed by atoms with Crippen molar-refractivity contribution in [2.45, 2.75) is 38.1 Å². The van der Waals surface area contributed by atoms with E-state index in [1.165, 1.54) is 24.8 Å². The Kier molecular flexibility index (Phi) is 3.66. The van der Waals surface area contributed by atoms with Crippen molar-refractivity contribution in [1.82, 2.24) is 10.6 Å². The van der Waals surface area contributed by atoms with Crippen LogP contribution < -0.4 is 10.6 Å². The molecule has 1 saturated carbocycles. The van der Waals surface area contributed by atoms with Gasteiger partial charge in [-0.3, -0.25) is 4.79 Å². The molecule has 1 amide bonds. The number of thiophene rings is 1. The molecule has 0 radical (unpaired) electrons. The lowest BCUT2D eigenvalue weighted by molar-refractivity contribution is -0.122. The molecular formula is C14H20N2OS. The lowest BCUT2D eigenvalue weighted by Gasteiger charge is -2.23. The van der Waals surface area contributed by atoms with Gasteiger partial charge in [0.25, 0.3) is 0 Å². The lowest BCUT2D eigenvalue weighted by atomic mass is 9.94. The summed E-state index contributed by atoms with van der Waals surface area (Å²) in [6.07, 6.45) is 5.91. The molecule has 0 spiro atoms. The van der Waals surface area contributed by atoms with Gasteiger partial charge in [-0.25, -0.2) is 0 Å². The maximum Gasteiger partial charge on any atom is 0.223 e. The van der Waals surface area contributed by atoms with E-state index < -0.39 is 0 Å². The lowest BCUT2D eigenvalue weighted by Crippen LogP contribution is -2.35. The molecule has 1 unspecified atom stereocenters. The van der Waals surface area contributed by atoms with Crippen LogP contribution in [0.5, 0.6) is 0 Å². The van der Waals surface area contributed by atoms with Crippen molar-refractivity contribution in [2.24, 2.45) is 5.92 Å². The zero-order valence-electron chi connectivity index (χ0n) is 10.6. The van der Waals surface area contributed by atoms with Crippen molar-refractivity contribution in [3.05, 3.63) is 21.9 Å². The van der Waals surface area contributed by atoms with E-state index in [-0.39, 0.29) is 5.91 Å². The molecule has 0 aliphatic heterocycles. The van der Waals surface area contributed by atoms with E-state index in [2.05, 4.69) is 22.1 Å². The average Bonchev–Trinajstić information content (AvgIpc) is 3.12. The molecule has 98 valence electrons. The third kappa shape index (κ3) is 2.75. The van der Waals surface area contributed by atoms with Crippen molar-refractivity contribution in [2.75, 3.05) is 13.1 Å². The average molecular weight is 264 g/mol. The summed E-state index contributed by atoms with van der Waals surface area (Å²) in [5.41, 5.74) is 1.49. The van der Waals surface area contributed by atoms with Crippen molar-refractivity contribution in [3.8, 4) is 0 Å². The van der Waals surface area contributed by atoms with Gasteiger partial charge in [0.2, 0.25) is 5.91 Å². The van der Waals surface area contributed by atoms with Crippen molar-refractivity contribution in [3.63, 3.8) is 0 Å². The predicted octanol–water partition coefficient (Wildman–Crippen LogP) is 2.24. The van der Waals surface area contributed by atoms with E-state index >= 15 is 0 Å². The molecule has 1 heterocycles. The minimum Gasteiger partial charge on any atom is -0.355 e. The van der Waals surface area contributed by atoms with Crippen LogP contribution in [0, 0.1) is 5.92 Å². The van der Waals surface area contributed by atoms with Gasteiger partial charge in [0.15, 0.2) is 0 Å². The normalized spacial score (nSPS) is 22.6. The summed E-state index contributed by atoms with van der Waals surface area (Å²) < 4.78 is 0. The minimum absolute atomic E-state index is 0.247. The molecule has 2 aliphatic rings. The Bertz CT molecular complexity index is 425. The van der Waals surface area contributed by atoms with E-state index in [0.717, 1.165) is 25.9 Å². The van der Waals surface area contributed by atoms with Crippen LogP contribution in [-0.2, 0) is 11.2 Å². The molecule has 18 heavy (non-hydrogen) atoms. The van der Waals surface area contributed by atoms with Crippen LogP contribution >= 0.6 is 11.3 Å². The molecule has 2 N–H and O–H groups in total. The first-order valence-corrected chi connectivity index (χ1v) is 7.80. The minimum atomic E-state index is 0.247. The van der Waals surface area contributed by atoms with Crippen LogP contribution in [0.2, 0.25) is 0 Å². The number of hydrogen-bond acceptors (Lipinski definition) is 3. The quantitative estimate of drug-likeness (QED) is 0.801. The number of amides is 1. The highest BCUT2D eigenvalue weighted by Gasteiger charge is 2.29. The Morgan fingerprint density at radius 1 is 1.33 bits per heavy atom. The molecule has 3 rings (SSSR count). The smallest absolute Gasteiger partial charge is 0.223 e. The van der Waals surface area contributed by atoms with Gasteiger partial charge in [-0.05, 0) is 49.1 Å². The zero-order chi connectivity index (χ0) is 12.4. The maximum atomic E-state index is 11.5. The number of fused-ring (bicyclic) bond motifs is 1. The fourth-order valence-corrected chi connectivity index (χ4v) is 3.61. The zero-order valence-corrected chi connectivity index (χ0v) is 11.4. The van der Waals surface area contributed by atoms with Crippen LogP contribution in [0.1, 0.15) is 42.2 Å². The van der Waals surface area contributed by atoms with Crippen molar-refractivity contribution >= 4 is 17.2 Å². The third-order valence-electron chi connectivity index (χ3n) is 3.82. The monoisotopic (exact) mass is 264 g/mol. The van der Waals surface area contributed by atoms with Gasteiger partial charge >= 0.3 is 0 Å². The molecular weight excluding hydrogens is 244 g/mol. The third-order valence-corrected chi connectivity index (χ3v) is 4.81. The molecule has 1 aromatic rings. The van der Waals surface area contributed by atoms with E-state index in [0.29, 0.717) is 12.0 Å². The fourth-order valence-electron chi connectivity index (χ4n) is 2.62. The largest absolute Gasteiger partial charge is 0.355 e. The summed E-state index contributed by atoms with van der Waals surface area (Å²) in [6, 6.07) is 2.75. The van der Waals surface area contributed by atoms with Gasteiger partial charge in [0.05, 0.1) is 0 Å². The summed E-state index contributed by atoms with van der Waals surface area (Å²) in [4.78, 5) is 13.0. The first-order valence-electron chi connectivity index (χ1n) is 6.92. The summed E-state index contributed by atoms with van der Waals surface area (Å²) in [6.45, 7) is 1.63. The Morgan fingerprint density at radius 2 is 2.22 bits per heavy atom. The van der Waals surface area contributed by atoms with Crippen LogP contribution in [0.4, 0.5) is 0 Å². The summed E-state index contributed by atoms with van der Waals surface area (Å²) in [5, 5.41) is 8.77. The summed E-state index contributed by atoms with van der Waals surface area (Å²) in [7, 11) is 0. The van der Waals surface area contributed by atoms with Gasteiger partial charge in [-0.1, -0.05) is 0 Å². The molecule has 0 aromatic carbocycles. The second-order valence-electron chi connectivity index (χ2n) is 5.26. The molecule has 2 aliphatic carbocycles. The number of nitrogens with one attached hydrogen (secondary N) is 2. The number of hydrogen-bond donors (Lipinski definition) is 2. The second-order valence-corrected chi connectivity index (χ2v) is 6.26. The highest BCUT2D eigenvalue weighted by atomic mass is 32.1. The fraction of sp³-hybridized carbons (Fsp3) is 0.643. The summed E-state index contributed by atoms with van der Waals surface area (Å²) in [5.74, 6) is 0.569. The standard InChI is InChI=1S/C14H20N2OS/c17-14(10-4-5-10)16-8-7-15-12-2-1-3-13-11(12)6-9-18-13/h6,9-10,12,15H,1-5,7-8H2,(H,16,17). The topological polar surface area (TPSA) is 41.1 Å². The Labute approximate surface area is 112 Å². The predicted molar refractivity (Wildman–Crippen MR) is 73.7 cm³/mol. The van der Waals surface area contributed by atoms with E-state index in [1.54, 1.807) is 4.88 Å². The van der Waals surface area contributed by atoms with Gasteiger partial charge in [-0.2, -0.15) is 0 Å². The highest BCUT2D eigenvalue weighted by Crippen LogP contribution is 2.33. The molecule has 0 bridgehead atoms.